The van der Waals surface area contributed by atoms with Crippen LogP contribution in [0.25, 0.3) is 0 Å². The minimum Gasteiger partial charge on any atom is -0.313 e. The summed E-state index contributed by atoms with van der Waals surface area (Å²) in [6, 6.07) is 2.78. The van der Waals surface area contributed by atoms with Crippen molar-refractivity contribution in [1.29, 1.82) is 0 Å². The highest BCUT2D eigenvalue weighted by Gasteiger charge is 2.08. The molecule has 104 valence electrons. The van der Waals surface area contributed by atoms with E-state index in [2.05, 4.69) is 49.1 Å². The summed E-state index contributed by atoms with van der Waals surface area (Å²) in [4.78, 5) is 2.45. The van der Waals surface area contributed by atoms with Gasteiger partial charge >= 0.3 is 0 Å². The van der Waals surface area contributed by atoms with Gasteiger partial charge in [-0.2, -0.15) is 5.10 Å². The molecule has 0 aliphatic heterocycles. The Morgan fingerprint density at radius 2 is 2.11 bits per heavy atom. The third kappa shape index (κ3) is 4.78. The predicted molar refractivity (Wildman–Crippen MR) is 76.7 cm³/mol. The Morgan fingerprint density at radius 3 is 2.61 bits per heavy atom. The van der Waals surface area contributed by atoms with Crippen LogP contribution in [-0.2, 0) is 20.0 Å². The molecule has 0 atom stereocenters. The molecular formula is C14H28N4. The van der Waals surface area contributed by atoms with Gasteiger partial charge in [-0.3, -0.25) is 9.58 Å². The molecule has 18 heavy (non-hydrogen) atoms. The van der Waals surface area contributed by atoms with Crippen LogP contribution < -0.4 is 5.32 Å². The molecule has 0 aliphatic rings. The van der Waals surface area contributed by atoms with E-state index in [1.165, 1.54) is 11.4 Å². The molecule has 1 N–H and O–H groups in total. The second-order valence-electron chi connectivity index (χ2n) is 5.08. The molecule has 1 heterocycles. The first-order valence-corrected chi connectivity index (χ1v) is 7.04. The summed E-state index contributed by atoms with van der Waals surface area (Å²) in [7, 11) is 2.04. The Kier molecular flexibility index (Phi) is 6.36. The van der Waals surface area contributed by atoms with Crippen LogP contribution in [0.5, 0.6) is 0 Å². The normalized spacial score (nSPS) is 11.7. The van der Waals surface area contributed by atoms with Crippen LogP contribution in [0.4, 0.5) is 0 Å². The standard InChI is InChI=1S/C14H28N4/c1-6-13-10-14(17(5)16-13)11-18(7-2)9-8-15-12(3)4/h10,12,15H,6-9,11H2,1-5H3. The molecule has 4 heteroatoms. The second-order valence-corrected chi connectivity index (χ2v) is 5.08. The quantitative estimate of drug-likeness (QED) is 0.766. The van der Waals surface area contributed by atoms with E-state index in [1.807, 2.05) is 11.7 Å². The number of hydrogen-bond donors (Lipinski definition) is 1. The number of nitrogens with one attached hydrogen (secondary N) is 1. The maximum Gasteiger partial charge on any atom is 0.0625 e. The van der Waals surface area contributed by atoms with Crippen molar-refractivity contribution in [3.63, 3.8) is 0 Å². The lowest BCUT2D eigenvalue weighted by Crippen LogP contribution is -2.34. The summed E-state index contributed by atoms with van der Waals surface area (Å²) in [6.07, 6.45) is 1.01. The Bertz CT molecular complexity index is 344. The maximum absolute atomic E-state index is 4.50. The van der Waals surface area contributed by atoms with Gasteiger partial charge in [0.2, 0.25) is 0 Å². The highest BCUT2D eigenvalue weighted by Crippen LogP contribution is 2.07. The van der Waals surface area contributed by atoms with Crippen LogP contribution in [0, 0.1) is 0 Å². The largest absolute Gasteiger partial charge is 0.313 e. The number of hydrogen-bond acceptors (Lipinski definition) is 3. The van der Waals surface area contributed by atoms with Crippen molar-refractivity contribution in [1.82, 2.24) is 20.0 Å². The van der Waals surface area contributed by atoms with Gasteiger partial charge in [-0.1, -0.05) is 27.7 Å². The second kappa shape index (κ2) is 7.54. The van der Waals surface area contributed by atoms with Crippen LogP contribution in [-0.4, -0.2) is 40.4 Å². The first-order valence-electron chi connectivity index (χ1n) is 7.04. The zero-order valence-electron chi connectivity index (χ0n) is 12.5. The minimum atomic E-state index is 0.562. The molecule has 1 rings (SSSR count). The van der Waals surface area contributed by atoms with Crippen molar-refractivity contribution < 1.29 is 0 Å². The van der Waals surface area contributed by atoms with Gasteiger partial charge < -0.3 is 5.32 Å². The number of aryl methyl sites for hydroxylation is 2. The van der Waals surface area contributed by atoms with E-state index in [9.17, 15) is 0 Å². The summed E-state index contributed by atoms with van der Waals surface area (Å²) >= 11 is 0. The average Bonchev–Trinajstić information content (AvgIpc) is 2.68. The fourth-order valence-electron chi connectivity index (χ4n) is 1.98. The van der Waals surface area contributed by atoms with Gasteiger partial charge in [0.1, 0.15) is 0 Å². The van der Waals surface area contributed by atoms with Crippen molar-refractivity contribution >= 4 is 0 Å². The Balaban J connectivity index is 2.48. The maximum atomic E-state index is 4.50. The molecule has 0 aromatic carbocycles. The number of rotatable bonds is 8. The lowest BCUT2D eigenvalue weighted by Gasteiger charge is -2.21. The molecule has 0 aliphatic carbocycles. The number of likely N-dealkylation sites (N-methyl/N-ethyl adjacent to an activating group) is 1. The van der Waals surface area contributed by atoms with Gasteiger partial charge in [-0.25, -0.2) is 0 Å². The molecule has 0 saturated carbocycles. The molecule has 4 nitrogen and oxygen atoms in total. The zero-order chi connectivity index (χ0) is 13.5. The first kappa shape index (κ1) is 15.2. The summed E-state index contributed by atoms with van der Waals surface area (Å²) in [5, 5.41) is 7.96. The van der Waals surface area contributed by atoms with E-state index in [4.69, 9.17) is 0 Å². The highest BCUT2D eigenvalue weighted by atomic mass is 15.3. The van der Waals surface area contributed by atoms with Crippen molar-refractivity contribution in [2.75, 3.05) is 19.6 Å². The minimum absolute atomic E-state index is 0.562. The Hall–Kier alpha value is -0.870. The molecule has 0 bridgehead atoms. The van der Waals surface area contributed by atoms with Crippen molar-refractivity contribution in [3.8, 4) is 0 Å². The smallest absolute Gasteiger partial charge is 0.0625 e. The average molecular weight is 252 g/mol. The van der Waals surface area contributed by atoms with Gasteiger partial charge in [0.05, 0.1) is 11.4 Å². The molecule has 1 aromatic rings. The highest BCUT2D eigenvalue weighted by molar-refractivity contribution is 5.10. The zero-order valence-corrected chi connectivity index (χ0v) is 12.5. The topological polar surface area (TPSA) is 33.1 Å². The van der Waals surface area contributed by atoms with E-state index in [0.717, 1.165) is 32.6 Å². The lowest BCUT2D eigenvalue weighted by molar-refractivity contribution is 0.269. The fraction of sp³-hybridized carbons (Fsp3) is 0.786. The molecule has 0 fully saturated rings. The van der Waals surface area contributed by atoms with E-state index in [1.54, 1.807) is 0 Å². The lowest BCUT2D eigenvalue weighted by atomic mass is 10.3. The predicted octanol–water partition coefficient (Wildman–Crippen LogP) is 1.80. The van der Waals surface area contributed by atoms with Crippen LogP contribution in [0.2, 0.25) is 0 Å². The van der Waals surface area contributed by atoms with E-state index < -0.39 is 0 Å². The molecular weight excluding hydrogens is 224 g/mol. The van der Waals surface area contributed by atoms with Gasteiger partial charge in [0.25, 0.3) is 0 Å². The monoisotopic (exact) mass is 252 g/mol. The van der Waals surface area contributed by atoms with E-state index in [-0.39, 0.29) is 0 Å². The van der Waals surface area contributed by atoms with Crippen LogP contribution in [0.15, 0.2) is 6.07 Å². The van der Waals surface area contributed by atoms with Gasteiger partial charge in [-0.15, -0.1) is 0 Å². The van der Waals surface area contributed by atoms with Crippen molar-refractivity contribution in [2.45, 2.75) is 46.7 Å². The van der Waals surface area contributed by atoms with Gasteiger partial charge in [-0.05, 0) is 19.0 Å². The van der Waals surface area contributed by atoms with Crippen molar-refractivity contribution in [2.24, 2.45) is 7.05 Å². The summed E-state index contributed by atoms with van der Waals surface area (Å²) in [5.74, 6) is 0. The molecule has 0 amide bonds. The van der Waals surface area contributed by atoms with Crippen molar-refractivity contribution in [3.05, 3.63) is 17.5 Å². The summed E-state index contributed by atoms with van der Waals surface area (Å²) in [5.41, 5.74) is 2.49. The molecule has 0 unspecified atom stereocenters. The third-order valence-corrected chi connectivity index (χ3v) is 3.20. The van der Waals surface area contributed by atoms with Crippen LogP contribution in [0.3, 0.4) is 0 Å². The molecule has 0 radical (unpaired) electrons. The Morgan fingerprint density at radius 1 is 1.39 bits per heavy atom. The van der Waals surface area contributed by atoms with Crippen LogP contribution >= 0.6 is 0 Å². The fourth-order valence-corrected chi connectivity index (χ4v) is 1.98. The number of aromatic nitrogens is 2. The molecule has 0 spiro atoms. The SMILES string of the molecule is CCc1cc(CN(CC)CCNC(C)C)n(C)n1. The third-order valence-electron chi connectivity index (χ3n) is 3.20. The summed E-state index contributed by atoms with van der Waals surface area (Å²) < 4.78 is 2.01. The summed E-state index contributed by atoms with van der Waals surface area (Å²) in [6.45, 7) is 12.9. The molecule has 1 aromatic heterocycles. The van der Waals surface area contributed by atoms with E-state index >= 15 is 0 Å². The Labute approximate surface area is 111 Å². The van der Waals surface area contributed by atoms with Crippen LogP contribution in [0.1, 0.15) is 39.1 Å². The first-order chi connectivity index (χ1) is 8.56. The molecule has 0 saturated heterocycles. The number of nitrogens with zero attached hydrogens (tertiary/aromatic N) is 3. The van der Waals surface area contributed by atoms with E-state index in [0.29, 0.717) is 6.04 Å². The van der Waals surface area contributed by atoms with Gasteiger partial charge in [0.15, 0.2) is 0 Å². The van der Waals surface area contributed by atoms with Gasteiger partial charge in [0, 0.05) is 32.7 Å².